The third kappa shape index (κ3) is 2.61. The molecule has 2 aliphatic carbocycles. The highest BCUT2D eigenvalue weighted by Gasteiger charge is 2.39. The zero-order valence-corrected chi connectivity index (χ0v) is 14.6. The van der Waals surface area contributed by atoms with Crippen molar-refractivity contribution in [1.29, 1.82) is 0 Å². The molecule has 2 N–H and O–H groups in total. The molecule has 2 saturated carbocycles. The van der Waals surface area contributed by atoms with Crippen LogP contribution in [0.1, 0.15) is 78.6 Å². The number of fused-ring (bicyclic) bond motifs is 1. The summed E-state index contributed by atoms with van der Waals surface area (Å²) in [4.78, 5) is 12.6. The first-order valence-corrected chi connectivity index (χ1v) is 9.52. The molecule has 0 bridgehead atoms. The molecular weight excluding hydrogens is 334 g/mol. The predicted octanol–water partition coefficient (Wildman–Crippen LogP) is 0.709. The number of aryl methyl sites for hydroxylation is 1. The van der Waals surface area contributed by atoms with Gasteiger partial charge in [-0.05, 0) is 38.5 Å². The van der Waals surface area contributed by atoms with E-state index in [1.54, 1.807) is 0 Å². The van der Waals surface area contributed by atoms with E-state index in [1.807, 2.05) is 4.57 Å². The van der Waals surface area contributed by atoms with Crippen LogP contribution in [-0.4, -0.2) is 46.6 Å². The standard InChI is InChI=1S/C17H23N7O2/c25-9-14-20-21-15(24(14)12-4-5-12)10-7-11(8-10)18-17(26)16-22-19-13-3-1-2-6-23(13)16/h10-12,25H,1-9H2,(H,18,26). The summed E-state index contributed by atoms with van der Waals surface area (Å²) in [6.45, 7) is 0.751. The Balaban J connectivity index is 1.23. The van der Waals surface area contributed by atoms with Gasteiger partial charge in [0, 0.05) is 31.0 Å². The number of amides is 1. The normalized spacial score (nSPS) is 24.8. The number of carbonyl (C=O) groups is 1. The maximum Gasteiger partial charge on any atom is 0.289 e. The highest BCUT2D eigenvalue weighted by Crippen LogP contribution is 2.42. The number of nitrogens with zero attached hydrogens (tertiary/aromatic N) is 6. The van der Waals surface area contributed by atoms with E-state index >= 15 is 0 Å². The van der Waals surface area contributed by atoms with Gasteiger partial charge in [-0.15, -0.1) is 20.4 Å². The molecule has 0 unspecified atom stereocenters. The second-order valence-corrected chi connectivity index (χ2v) is 7.62. The SMILES string of the molecule is O=C(NC1CC(c2nnc(CO)n2C2CC2)C1)c1nnc2n1CCCC2. The van der Waals surface area contributed by atoms with Crippen molar-refractivity contribution in [3.05, 3.63) is 23.3 Å². The molecular formula is C17H23N7O2. The van der Waals surface area contributed by atoms with Crippen molar-refractivity contribution in [3.8, 4) is 0 Å². The van der Waals surface area contributed by atoms with Crippen LogP contribution in [0, 0.1) is 0 Å². The summed E-state index contributed by atoms with van der Waals surface area (Å²) in [5.74, 6) is 3.13. The van der Waals surface area contributed by atoms with Crippen LogP contribution < -0.4 is 5.32 Å². The molecule has 9 heteroatoms. The molecule has 0 spiro atoms. The molecule has 2 aromatic heterocycles. The van der Waals surface area contributed by atoms with Gasteiger partial charge in [0.25, 0.3) is 5.91 Å². The van der Waals surface area contributed by atoms with Crippen molar-refractivity contribution in [3.63, 3.8) is 0 Å². The van der Waals surface area contributed by atoms with E-state index in [4.69, 9.17) is 0 Å². The molecule has 1 aliphatic heterocycles. The van der Waals surface area contributed by atoms with Crippen LogP contribution in [0.2, 0.25) is 0 Å². The van der Waals surface area contributed by atoms with Crippen molar-refractivity contribution in [1.82, 2.24) is 34.8 Å². The predicted molar refractivity (Wildman–Crippen MR) is 90.4 cm³/mol. The molecule has 3 aliphatic rings. The topological polar surface area (TPSA) is 111 Å². The fraction of sp³-hybridized carbons (Fsp3) is 0.706. The summed E-state index contributed by atoms with van der Waals surface area (Å²) in [7, 11) is 0. The van der Waals surface area contributed by atoms with E-state index in [2.05, 4.69) is 30.3 Å². The minimum atomic E-state index is -0.131. The van der Waals surface area contributed by atoms with Gasteiger partial charge >= 0.3 is 0 Å². The van der Waals surface area contributed by atoms with E-state index < -0.39 is 0 Å². The third-order valence-corrected chi connectivity index (χ3v) is 5.75. The Morgan fingerprint density at radius 3 is 2.77 bits per heavy atom. The van der Waals surface area contributed by atoms with Gasteiger partial charge in [0.2, 0.25) is 5.82 Å². The Morgan fingerprint density at radius 2 is 2.00 bits per heavy atom. The quantitative estimate of drug-likeness (QED) is 0.815. The number of aliphatic hydroxyl groups is 1. The second-order valence-electron chi connectivity index (χ2n) is 7.62. The molecule has 138 valence electrons. The van der Waals surface area contributed by atoms with Gasteiger partial charge in [-0.2, -0.15) is 0 Å². The van der Waals surface area contributed by atoms with E-state index in [0.29, 0.717) is 23.6 Å². The van der Waals surface area contributed by atoms with E-state index in [9.17, 15) is 9.90 Å². The molecule has 0 aromatic carbocycles. The van der Waals surface area contributed by atoms with E-state index in [0.717, 1.165) is 63.1 Å². The lowest BCUT2D eigenvalue weighted by Gasteiger charge is -2.35. The number of rotatable bonds is 5. The Kier molecular flexibility index (Phi) is 3.77. The van der Waals surface area contributed by atoms with Crippen LogP contribution >= 0.6 is 0 Å². The number of aliphatic hydroxyl groups excluding tert-OH is 1. The zero-order chi connectivity index (χ0) is 17.7. The lowest BCUT2D eigenvalue weighted by Crippen LogP contribution is -2.45. The Hall–Kier alpha value is -2.29. The first kappa shape index (κ1) is 15.9. The monoisotopic (exact) mass is 357 g/mol. The molecule has 2 aromatic rings. The van der Waals surface area contributed by atoms with Gasteiger partial charge in [-0.3, -0.25) is 4.79 Å². The van der Waals surface area contributed by atoms with Crippen LogP contribution in [0.15, 0.2) is 0 Å². The molecule has 5 rings (SSSR count). The molecule has 1 amide bonds. The molecule has 0 radical (unpaired) electrons. The van der Waals surface area contributed by atoms with Gasteiger partial charge in [-0.1, -0.05) is 0 Å². The molecule has 2 fully saturated rings. The summed E-state index contributed by atoms with van der Waals surface area (Å²) in [6, 6.07) is 0.573. The Labute approximate surface area is 150 Å². The molecule has 9 nitrogen and oxygen atoms in total. The van der Waals surface area contributed by atoms with E-state index in [-0.39, 0.29) is 18.6 Å². The Morgan fingerprint density at radius 1 is 1.15 bits per heavy atom. The summed E-state index contributed by atoms with van der Waals surface area (Å²) in [6.07, 6.45) is 7.04. The minimum absolute atomic E-state index is 0.0750. The first-order chi connectivity index (χ1) is 12.7. The summed E-state index contributed by atoms with van der Waals surface area (Å²) >= 11 is 0. The first-order valence-electron chi connectivity index (χ1n) is 9.52. The lowest BCUT2D eigenvalue weighted by molar-refractivity contribution is 0.0890. The highest BCUT2D eigenvalue weighted by molar-refractivity contribution is 5.91. The maximum absolute atomic E-state index is 12.6. The summed E-state index contributed by atoms with van der Waals surface area (Å²) < 4.78 is 4.06. The van der Waals surface area contributed by atoms with Crippen molar-refractivity contribution in [2.24, 2.45) is 0 Å². The highest BCUT2D eigenvalue weighted by atomic mass is 16.3. The zero-order valence-electron chi connectivity index (χ0n) is 14.6. The maximum atomic E-state index is 12.6. The fourth-order valence-electron chi connectivity index (χ4n) is 4.13. The number of hydrogen-bond acceptors (Lipinski definition) is 6. The molecule has 3 heterocycles. The van der Waals surface area contributed by atoms with Gasteiger partial charge in [0.15, 0.2) is 5.82 Å². The summed E-state index contributed by atoms with van der Waals surface area (Å²) in [5.41, 5.74) is 0. The van der Waals surface area contributed by atoms with Crippen LogP contribution in [0.25, 0.3) is 0 Å². The van der Waals surface area contributed by atoms with Crippen molar-refractivity contribution >= 4 is 5.91 Å². The average molecular weight is 357 g/mol. The van der Waals surface area contributed by atoms with Crippen molar-refractivity contribution in [2.75, 3.05) is 0 Å². The van der Waals surface area contributed by atoms with Crippen LogP contribution in [0.4, 0.5) is 0 Å². The van der Waals surface area contributed by atoms with Crippen molar-refractivity contribution < 1.29 is 9.90 Å². The number of aromatic nitrogens is 6. The molecule has 0 atom stereocenters. The number of nitrogens with one attached hydrogen (secondary N) is 1. The largest absolute Gasteiger partial charge is 0.388 e. The number of hydrogen-bond donors (Lipinski definition) is 2. The smallest absolute Gasteiger partial charge is 0.289 e. The molecule has 0 saturated heterocycles. The van der Waals surface area contributed by atoms with Crippen molar-refractivity contribution in [2.45, 2.75) is 76.1 Å². The average Bonchev–Trinajstić information content (AvgIpc) is 3.23. The van der Waals surface area contributed by atoms with Gasteiger partial charge in [0.1, 0.15) is 18.3 Å². The van der Waals surface area contributed by atoms with Gasteiger partial charge in [0.05, 0.1) is 0 Å². The lowest BCUT2D eigenvalue weighted by atomic mass is 9.79. The van der Waals surface area contributed by atoms with Crippen LogP contribution in [0.5, 0.6) is 0 Å². The van der Waals surface area contributed by atoms with Crippen LogP contribution in [0.3, 0.4) is 0 Å². The number of carbonyl (C=O) groups excluding carboxylic acids is 1. The van der Waals surface area contributed by atoms with Crippen LogP contribution in [-0.2, 0) is 19.6 Å². The van der Waals surface area contributed by atoms with Gasteiger partial charge < -0.3 is 19.6 Å². The summed E-state index contributed by atoms with van der Waals surface area (Å²) in [5, 5.41) is 29.2. The third-order valence-electron chi connectivity index (χ3n) is 5.75. The van der Waals surface area contributed by atoms with Gasteiger partial charge in [-0.25, -0.2) is 0 Å². The fourth-order valence-corrected chi connectivity index (χ4v) is 4.13. The minimum Gasteiger partial charge on any atom is -0.388 e. The molecule has 26 heavy (non-hydrogen) atoms. The Bertz CT molecular complexity index is 832. The second kappa shape index (κ2) is 6.15. The van der Waals surface area contributed by atoms with E-state index in [1.165, 1.54) is 0 Å².